The number of nitrogens with one attached hydrogen (secondary N) is 1. The minimum atomic E-state index is -3.39. The molecule has 3 N–H and O–H groups in total. The number of hydrogen-bond donors (Lipinski definition) is 2. The van der Waals surface area contributed by atoms with Crippen LogP contribution in [0.3, 0.4) is 0 Å². The highest BCUT2D eigenvalue weighted by Gasteiger charge is 2.14. The van der Waals surface area contributed by atoms with Gasteiger partial charge in [-0.15, -0.1) is 5.10 Å². The summed E-state index contributed by atoms with van der Waals surface area (Å²) in [5.74, 6) is 0.748. The Balaban J connectivity index is 1.91. The van der Waals surface area contributed by atoms with Crippen molar-refractivity contribution in [2.24, 2.45) is 0 Å². The van der Waals surface area contributed by atoms with E-state index in [1.165, 1.54) is 30.0 Å². The third kappa shape index (κ3) is 5.56. The number of hydrogen-bond acceptors (Lipinski definition) is 4. The molecule has 0 atom stereocenters. The highest BCUT2D eigenvalue weighted by atomic mass is 32.2. The molecule has 6 nitrogen and oxygen atoms in total. The highest BCUT2D eigenvalue weighted by Crippen LogP contribution is 2.18. The summed E-state index contributed by atoms with van der Waals surface area (Å²) in [5, 5.41) is 4.24. The fraction of sp³-hybridized carbons (Fsp3) is 0.471. The monoisotopic (exact) mass is 350 g/mol. The van der Waals surface area contributed by atoms with Crippen LogP contribution in [-0.2, 0) is 10.0 Å². The molecule has 1 aromatic carbocycles. The van der Waals surface area contributed by atoms with E-state index >= 15 is 0 Å². The lowest BCUT2D eigenvalue weighted by Gasteiger charge is -2.05. The van der Waals surface area contributed by atoms with Gasteiger partial charge in [-0.3, -0.25) is 4.72 Å². The lowest BCUT2D eigenvalue weighted by molar-refractivity contribution is 0.587. The number of nitrogens with zero attached hydrogens (tertiary/aromatic N) is 2. The predicted molar refractivity (Wildman–Crippen MR) is 98.8 cm³/mol. The van der Waals surface area contributed by atoms with Gasteiger partial charge in [-0.05, 0) is 18.6 Å². The first kappa shape index (κ1) is 18.3. The zero-order chi connectivity index (χ0) is 17.4. The number of rotatable bonds is 10. The summed E-state index contributed by atoms with van der Waals surface area (Å²) in [7, 11) is -3.39. The van der Waals surface area contributed by atoms with Gasteiger partial charge in [0.2, 0.25) is 10.0 Å². The van der Waals surface area contributed by atoms with E-state index in [9.17, 15) is 8.42 Å². The fourth-order valence-corrected chi connectivity index (χ4v) is 3.61. The van der Waals surface area contributed by atoms with E-state index in [-0.39, 0.29) is 11.6 Å². The molecule has 0 amide bonds. The van der Waals surface area contributed by atoms with Crippen LogP contribution in [0, 0.1) is 0 Å². The molecule has 0 aliphatic carbocycles. The van der Waals surface area contributed by atoms with Crippen LogP contribution in [-0.4, -0.2) is 24.0 Å². The summed E-state index contributed by atoms with van der Waals surface area (Å²) in [6, 6.07) is 10.9. The van der Waals surface area contributed by atoms with Gasteiger partial charge in [0.25, 0.3) is 0 Å². The molecule has 1 aromatic heterocycles. The van der Waals surface area contributed by atoms with E-state index in [2.05, 4.69) is 16.7 Å². The number of unbranched alkanes of at least 4 members (excludes halogenated alkanes) is 5. The van der Waals surface area contributed by atoms with Crippen LogP contribution in [0.2, 0.25) is 0 Å². The maximum Gasteiger partial charge on any atom is 0.233 e. The Morgan fingerprint density at radius 3 is 2.46 bits per heavy atom. The number of nitrogen functional groups attached to an aromatic ring is 1. The van der Waals surface area contributed by atoms with Gasteiger partial charge < -0.3 is 5.73 Å². The molecule has 2 aromatic rings. The molecule has 1 heterocycles. The zero-order valence-corrected chi connectivity index (χ0v) is 14.9. The maximum atomic E-state index is 12.1. The Bertz CT molecular complexity index is 726. The highest BCUT2D eigenvalue weighted by molar-refractivity contribution is 7.92. The molecule has 2 rings (SSSR count). The van der Waals surface area contributed by atoms with Gasteiger partial charge >= 0.3 is 0 Å². The van der Waals surface area contributed by atoms with E-state index in [1.54, 1.807) is 0 Å². The maximum absolute atomic E-state index is 12.1. The molecule has 0 aliphatic rings. The summed E-state index contributed by atoms with van der Waals surface area (Å²) in [6.07, 6.45) is 6.24. The smallest absolute Gasteiger partial charge is 0.233 e. The number of anilines is 2. The molecular weight excluding hydrogens is 324 g/mol. The van der Waals surface area contributed by atoms with Crippen molar-refractivity contribution in [1.29, 1.82) is 0 Å². The fourth-order valence-electron chi connectivity index (χ4n) is 2.50. The third-order valence-corrected chi connectivity index (χ3v) is 5.11. The van der Waals surface area contributed by atoms with Crippen LogP contribution in [0.15, 0.2) is 36.4 Å². The lowest BCUT2D eigenvalue weighted by Crippen LogP contribution is -2.17. The van der Waals surface area contributed by atoms with Crippen LogP contribution in [0.1, 0.15) is 45.4 Å². The first-order valence-electron chi connectivity index (χ1n) is 8.43. The Morgan fingerprint density at radius 1 is 1.08 bits per heavy atom. The van der Waals surface area contributed by atoms with Crippen molar-refractivity contribution in [3.05, 3.63) is 36.4 Å². The van der Waals surface area contributed by atoms with Crippen LogP contribution in [0.25, 0.3) is 5.69 Å². The third-order valence-electron chi connectivity index (χ3n) is 3.76. The summed E-state index contributed by atoms with van der Waals surface area (Å²) in [6.45, 7) is 2.16. The van der Waals surface area contributed by atoms with Crippen molar-refractivity contribution in [2.75, 3.05) is 16.2 Å². The van der Waals surface area contributed by atoms with Crippen LogP contribution in [0.4, 0.5) is 11.6 Å². The van der Waals surface area contributed by atoms with Crippen LogP contribution in [0.5, 0.6) is 0 Å². The van der Waals surface area contributed by atoms with Crippen molar-refractivity contribution in [3.8, 4) is 5.69 Å². The summed E-state index contributed by atoms with van der Waals surface area (Å²) >= 11 is 0. The lowest BCUT2D eigenvalue weighted by atomic mass is 10.1. The molecule has 7 heteroatoms. The molecule has 0 saturated heterocycles. The van der Waals surface area contributed by atoms with Crippen molar-refractivity contribution < 1.29 is 8.42 Å². The Morgan fingerprint density at radius 2 is 1.75 bits per heavy atom. The molecule has 0 bridgehead atoms. The van der Waals surface area contributed by atoms with Crippen molar-refractivity contribution >= 4 is 21.7 Å². The van der Waals surface area contributed by atoms with Crippen LogP contribution >= 0.6 is 0 Å². The Kier molecular flexibility index (Phi) is 6.66. The summed E-state index contributed by atoms with van der Waals surface area (Å²) in [4.78, 5) is 0. The molecule has 0 radical (unpaired) electrons. The van der Waals surface area contributed by atoms with Gasteiger partial charge in [0.05, 0.1) is 11.4 Å². The average molecular weight is 350 g/mol. The minimum Gasteiger partial charge on any atom is -0.384 e. The van der Waals surface area contributed by atoms with Gasteiger partial charge in [0.1, 0.15) is 5.82 Å². The first-order valence-corrected chi connectivity index (χ1v) is 10.1. The average Bonchev–Trinajstić information content (AvgIpc) is 2.91. The molecular formula is C17H26N4O2S. The van der Waals surface area contributed by atoms with Gasteiger partial charge in [-0.1, -0.05) is 57.2 Å². The Labute approximate surface area is 144 Å². The standard InChI is InChI=1S/C17H26N4O2S/c1-2-3-4-5-6-10-13-24(22,23)20-17-14-16(18)21(19-17)15-11-8-7-9-12-15/h7-9,11-12,14H,2-6,10,13,18H2,1H3,(H,19,20). The number of para-hydroxylation sites is 1. The summed E-state index contributed by atoms with van der Waals surface area (Å²) in [5.41, 5.74) is 6.71. The van der Waals surface area contributed by atoms with Gasteiger partial charge in [0.15, 0.2) is 5.82 Å². The van der Waals surface area contributed by atoms with Crippen molar-refractivity contribution in [1.82, 2.24) is 9.78 Å². The number of benzene rings is 1. The molecule has 0 fully saturated rings. The van der Waals surface area contributed by atoms with E-state index in [4.69, 9.17) is 5.73 Å². The van der Waals surface area contributed by atoms with Crippen molar-refractivity contribution in [3.63, 3.8) is 0 Å². The number of sulfonamides is 1. The molecule has 132 valence electrons. The van der Waals surface area contributed by atoms with Crippen LogP contribution < -0.4 is 10.5 Å². The second-order valence-corrected chi connectivity index (χ2v) is 7.73. The quantitative estimate of drug-likeness (QED) is 0.641. The normalized spacial score (nSPS) is 11.5. The van der Waals surface area contributed by atoms with Gasteiger partial charge in [-0.25, -0.2) is 13.1 Å². The molecule has 0 spiro atoms. The largest absolute Gasteiger partial charge is 0.384 e. The SMILES string of the molecule is CCCCCCCCS(=O)(=O)Nc1cc(N)n(-c2ccccc2)n1. The Hall–Kier alpha value is -2.02. The molecule has 0 aliphatic heterocycles. The van der Waals surface area contributed by atoms with E-state index in [0.717, 1.165) is 18.5 Å². The van der Waals surface area contributed by atoms with Gasteiger partial charge in [-0.2, -0.15) is 0 Å². The topological polar surface area (TPSA) is 90.0 Å². The second-order valence-electron chi connectivity index (χ2n) is 5.89. The molecule has 0 saturated carbocycles. The number of aromatic nitrogens is 2. The second kappa shape index (κ2) is 8.73. The van der Waals surface area contributed by atoms with Crippen molar-refractivity contribution in [2.45, 2.75) is 45.4 Å². The van der Waals surface area contributed by atoms with E-state index in [1.807, 2.05) is 30.3 Å². The number of nitrogens with two attached hydrogens (primary N) is 1. The molecule has 24 heavy (non-hydrogen) atoms. The first-order chi connectivity index (χ1) is 11.5. The molecule has 0 unspecified atom stereocenters. The zero-order valence-electron chi connectivity index (χ0n) is 14.1. The van der Waals surface area contributed by atoms with E-state index in [0.29, 0.717) is 12.2 Å². The van der Waals surface area contributed by atoms with Gasteiger partial charge in [0, 0.05) is 6.07 Å². The van der Waals surface area contributed by atoms with E-state index < -0.39 is 10.0 Å². The summed E-state index contributed by atoms with van der Waals surface area (Å²) < 4.78 is 28.3. The minimum absolute atomic E-state index is 0.108. The predicted octanol–water partition coefficient (Wildman–Crippen LogP) is 3.56.